The number of nitro groups is 1. The van der Waals surface area contributed by atoms with Crippen molar-refractivity contribution in [2.24, 2.45) is 5.10 Å². The molecule has 0 spiro atoms. The van der Waals surface area contributed by atoms with Crippen molar-refractivity contribution in [2.45, 2.75) is 6.92 Å². The van der Waals surface area contributed by atoms with Gasteiger partial charge in [0.2, 0.25) is 0 Å². The minimum atomic E-state index is -0.619. The number of aryl methyl sites for hydroxylation is 1. The molecule has 0 aliphatic carbocycles. The molecule has 25 heavy (non-hydrogen) atoms. The van der Waals surface area contributed by atoms with Gasteiger partial charge in [0.15, 0.2) is 0 Å². The normalized spacial score (nSPS) is 10.6. The van der Waals surface area contributed by atoms with Crippen molar-refractivity contribution >= 4 is 39.4 Å². The minimum absolute atomic E-state index is 0.00660. The van der Waals surface area contributed by atoms with Crippen LogP contribution in [0.5, 0.6) is 5.75 Å². The summed E-state index contributed by atoms with van der Waals surface area (Å²) in [6.45, 7) is 1.95. The van der Waals surface area contributed by atoms with Crippen LogP contribution in [0.3, 0.4) is 0 Å². The summed E-state index contributed by atoms with van der Waals surface area (Å²) in [5, 5.41) is 29.3. The van der Waals surface area contributed by atoms with Crippen LogP contribution >= 0.6 is 15.9 Å². The van der Waals surface area contributed by atoms with E-state index in [4.69, 9.17) is 0 Å². The van der Waals surface area contributed by atoms with Gasteiger partial charge in [0.05, 0.1) is 17.7 Å². The maximum Gasteiger partial charge on any atom is 0.271 e. The fourth-order valence-electron chi connectivity index (χ4n) is 1.87. The molecule has 0 saturated heterocycles. The number of nitrogens with zero attached hydrogens (tertiary/aromatic N) is 2. The Bertz CT molecular complexity index is 822. The van der Waals surface area contributed by atoms with Gasteiger partial charge in [-0.3, -0.25) is 14.9 Å². The highest BCUT2D eigenvalue weighted by atomic mass is 79.9. The number of non-ortho nitro benzene ring substituents is 1. The largest absolute Gasteiger partial charge is 0.871 e. The SMILES string of the molecule is Cc1ccc(NCC(=O)N/N=C\c2cc([N+](=O)[O-])cc(Br)c2[O-])cc1. The topological polar surface area (TPSA) is 120 Å². The van der Waals surface area contributed by atoms with E-state index in [1.807, 2.05) is 31.2 Å². The Morgan fingerprint density at radius 2 is 2.00 bits per heavy atom. The summed E-state index contributed by atoms with van der Waals surface area (Å²) in [6.07, 6.45) is 1.07. The lowest BCUT2D eigenvalue weighted by Crippen LogP contribution is -2.25. The van der Waals surface area contributed by atoms with E-state index in [-0.39, 0.29) is 22.3 Å². The number of nitrogens with one attached hydrogen (secondary N) is 2. The van der Waals surface area contributed by atoms with Crippen molar-refractivity contribution < 1.29 is 14.8 Å². The molecular weight excluding hydrogens is 392 g/mol. The van der Waals surface area contributed by atoms with Crippen molar-refractivity contribution in [3.8, 4) is 5.75 Å². The summed E-state index contributed by atoms with van der Waals surface area (Å²) in [7, 11) is 0. The highest BCUT2D eigenvalue weighted by Gasteiger charge is 2.09. The standard InChI is InChI=1S/C16H15BrN4O4/c1-10-2-4-12(5-3-10)18-9-15(22)20-19-8-11-6-13(21(24)25)7-14(17)16(11)23/h2-8,18,23H,9H2,1H3,(H,20,22)/p-1/b19-8-. The Balaban J connectivity index is 1.95. The summed E-state index contributed by atoms with van der Waals surface area (Å²) in [4.78, 5) is 21.9. The van der Waals surface area contributed by atoms with E-state index in [2.05, 4.69) is 31.8 Å². The number of carbonyl (C=O) groups excluding carboxylic acids is 1. The van der Waals surface area contributed by atoms with Gasteiger partial charge in [-0.25, -0.2) is 5.43 Å². The molecule has 0 radical (unpaired) electrons. The minimum Gasteiger partial charge on any atom is -0.871 e. The van der Waals surface area contributed by atoms with Crippen LogP contribution in [0.2, 0.25) is 0 Å². The summed E-state index contributed by atoms with van der Waals surface area (Å²) in [6, 6.07) is 9.71. The number of carbonyl (C=O) groups is 1. The van der Waals surface area contributed by atoms with Gasteiger partial charge in [-0.15, -0.1) is 0 Å². The molecule has 0 aliphatic heterocycles. The number of amides is 1. The first-order chi connectivity index (χ1) is 11.9. The highest BCUT2D eigenvalue weighted by Crippen LogP contribution is 2.29. The van der Waals surface area contributed by atoms with E-state index >= 15 is 0 Å². The molecule has 0 bridgehead atoms. The number of hydrogen-bond donors (Lipinski definition) is 2. The molecular formula is C16H14BrN4O4-. The molecule has 0 aliphatic rings. The fraction of sp³-hybridized carbons (Fsp3) is 0.125. The molecule has 0 heterocycles. The van der Waals surface area contributed by atoms with E-state index in [1.165, 1.54) is 0 Å². The Labute approximate surface area is 151 Å². The van der Waals surface area contributed by atoms with Crippen LogP contribution in [-0.4, -0.2) is 23.6 Å². The second-order valence-corrected chi connectivity index (χ2v) is 5.97. The molecule has 0 unspecified atom stereocenters. The number of nitro benzene ring substituents is 1. The second kappa shape index (κ2) is 8.25. The van der Waals surface area contributed by atoms with Crippen LogP contribution in [0.25, 0.3) is 0 Å². The van der Waals surface area contributed by atoms with Crippen LogP contribution in [-0.2, 0) is 4.79 Å². The van der Waals surface area contributed by atoms with Crippen molar-refractivity contribution in [1.29, 1.82) is 0 Å². The lowest BCUT2D eigenvalue weighted by Gasteiger charge is -2.12. The maximum absolute atomic E-state index is 11.9. The summed E-state index contributed by atoms with van der Waals surface area (Å²) < 4.78 is 0.0514. The van der Waals surface area contributed by atoms with Gasteiger partial charge in [-0.2, -0.15) is 5.10 Å². The number of rotatable bonds is 6. The molecule has 0 atom stereocenters. The smallest absolute Gasteiger partial charge is 0.271 e. The van der Waals surface area contributed by atoms with E-state index in [1.54, 1.807) is 0 Å². The van der Waals surface area contributed by atoms with Gasteiger partial charge in [0.25, 0.3) is 11.6 Å². The first kappa shape index (κ1) is 18.4. The van der Waals surface area contributed by atoms with E-state index < -0.39 is 16.6 Å². The monoisotopic (exact) mass is 405 g/mol. The molecule has 130 valence electrons. The molecule has 1 amide bonds. The van der Waals surface area contributed by atoms with Crippen molar-refractivity contribution in [3.63, 3.8) is 0 Å². The summed E-state index contributed by atoms with van der Waals surface area (Å²) in [5.41, 5.74) is 3.89. The van der Waals surface area contributed by atoms with Gasteiger partial charge in [0.1, 0.15) is 0 Å². The van der Waals surface area contributed by atoms with Gasteiger partial charge < -0.3 is 10.4 Å². The summed E-state index contributed by atoms with van der Waals surface area (Å²) in [5.74, 6) is -0.879. The molecule has 0 aromatic heterocycles. The predicted molar refractivity (Wildman–Crippen MR) is 95.6 cm³/mol. The highest BCUT2D eigenvalue weighted by molar-refractivity contribution is 9.10. The van der Waals surface area contributed by atoms with Crippen molar-refractivity contribution in [1.82, 2.24) is 5.43 Å². The maximum atomic E-state index is 11.9. The fourth-order valence-corrected chi connectivity index (χ4v) is 2.33. The molecule has 2 rings (SSSR count). The third-order valence-electron chi connectivity index (χ3n) is 3.17. The average molecular weight is 406 g/mol. The lowest BCUT2D eigenvalue weighted by molar-refractivity contribution is -0.385. The van der Waals surface area contributed by atoms with Crippen LogP contribution in [0.1, 0.15) is 11.1 Å². The van der Waals surface area contributed by atoms with Crippen LogP contribution in [0, 0.1) is 17.0 Å². The second-order valence-electron chi connectivity index (χ2n) is 5.12. The average Bonchev–Trinajstić information content (AvgIpc) is 2.57. The lowest BCUT2D eigenvalue weighted by atomic mass is 10.2. The third kappa shape index (κ3) is 5.28. The first-order valence-electron chi connectivity index (χ1n) is 7.14. The van der Waals surface area contributed by atoms with Gasteiger partial charge in [-0.1, -0.05) is 39.4 Å². The molecule has 0 fully saturated rings. The van der Waals surface area contributed by atoms with Gasteiger partial charge in [0, 0.05) is 22.3 Å². The van der Waals surface area contributed by atoms with Crippen molar-refractivity contribution in [2.75, 3.05) is 11.9 Å². The Hall–Kier alpha value is -2.94. The molecule has 0 saturated carbocycles. The predicted octanol–water partition coefficient (Wildman–Crippen LogP) is 2.30. The number of benzene rings is 2. The zero-order valence-electron chi connectivity index (χ0n) is 13.2. The zero-order chi connectivity index (χ0) is 18.4. The number of halogens is 1. The third-order valence-corrected chi connectivity index (χ3v) is 3.75. The van der Waals surface area contributed by atoms with E-state index in [0.29, 0.717) is 0 Å². The Kier molecular flexibility index (Phi) is 6.07. The Morgan fingerprint density at radius 1 is 1.32 bits per heavy atom. The Morgan fingerprint density at radius 3 is 2.64 bits per heavy atom. The quantitative estimate of drug-likeness (QED) is 0.433. The van der Waals surface area contributed by atoms with E-state index in [9.17, 15) is 20.0 Å². The molecule has 2 N–H and O–H groups in total. The van der Waals surface area contributed by atoms with Crippen LogP contribution in [0.4, 0.5) is 11.4 Å². The zero-order valence-corrected chi connectivity index (χ0v) is 14.7. The van der Waals surface area contributed by atoms with Crippen LogP contribution in [0.15, 0.2) is 46.0 Å². The van der Waals surface area contributed by atoms with Gasteiger partial charge in [-0.05, 0) is 24.6 Å². The summed E-state index contributed by atoms with van der Waals surface area (Å²) >= 11 is 2.97. The molecule has 2 aromatic rings. The number of hydrogen-bond acceptors (Lipinski definition) is 6. The first-order valence-corrected chi connectivity index (χ1v) is 7.93. The number of anilines is 1. The number of hydrazone groups is 1. The molecule has 8 nitrogen and oxygen atoms in total. The van der Waals surface area contributed by atoms with E-state index in [0.717, 1.165) is 29.6 Å². The van der Waals surface area contributed by atoms with Gasteiger partial charge >= 0.3 is 0 Å². The molecule has 2 aromatic carbocycles. The van der Waals surface area contributed by atoms with Crippen LogP contribution < -0.4 is 15.8 Å². The molecule has 9 heteroatoms. The van der Waals surface area contributed by atoms with Crippen molar-refractivity contribution in [3.05, 3.63) is 62.1 Å².